The summed E-state index contributed by atoms with van der Waals surface area (Å²) in [5.41, 5.74) is 6.66. The number of rotatable bonds is 2. The van der Waals surface area contributed by atoms with Crippen LogP contribution in [-0.2, 0) is 5.41 Å². The highest BCUT2D eigenvalue weighted by Crippen LogP contribution is 2.22. The minimum atomic E-state index is -0.466. The Kier molecular flexibility index (Phi) is 4.95. The third kappa shape index (κ3) is 4.26. The number of carbonyl (C=O) groups excluding carboxylic acids is 2. The minimum Gasteiger partial charge on any atom is -0.352 e. The van der Waals surface area contributed by atoms with Crippen molar-refractivity contribution in [2.45, 2.75) is 26.2 Å². The third-order valence-corrected chi connectivity index (χ3v) is 3.70. The van der Waals surface area contributed by atoms with Crippen LogP contribution in [0.1, 0.15) is 47.1 Å². The Morgan fingerprint density at radius 2 is 1.61 bits per heavy atom. The molecular weight excluding hydrogens is 310 g/mol. The molecule has 0 bridgehead atoms. The first-order chi connectivity index (χ1) is 10.8. The number of hydrogen-bond donors (Lipinski definition) is 3. The van der Waals surface area contributed by atoms with E-state index in [1.807, 2.05) is 12.1 Å². The highest BCUT2D eigenvalue weighted by Gasteiger charge is 2.15. The van der Waals surface area contributed by atoms with E-state index in [9.17, 15) is 9.59 Å². The summed E-state index contributed by atoms with van der Waals surface area (Å²) in [6.45, 7) is 6.31. The Bertz CT molecular complexity index is 773. The third-order valence-electron chi connectivity index (χ3n) is 3.37. The fraction of sp³-hybridized carbons (Fsp3) is 0.235. The topological polar surface area (TPSA) is 74.0 Å². The lowest BCUT2D eigenvalue weighted by Gasteiger charge is -2.19. The summed E-state index contributed by atoms with van der Waals surface area (Å²) in [7, 11) is 0. The largest absolute Gasteiger partial charge is 0.352 e. The predicted octanol–water partition coefficient (Wildman–Crippen LogP) is 3.12. The maximum atomic E-state index is 12.1. The number of aromatic amines is 1. The molecule has 0 saturated heterocycles. The average molecular weight is 329 g/mol. The van der Waals surface area contributed by atoms with Gasteiger partial charge in [0.15, 0.2) is 0 Å². The lowest BCUT2D eigenvalue weighted by Crippen LogP contribution is -2.41. The van der Waals surface area contributed by atoms with Crippen LogP contribution in [0.5, 0.6) is 0 Å². The SMILES string of the molecule is CC(C)(C)c1ccc(C(=O)NNC(=O)c2ccc[nH]c2=S)cc1. The smallest absolute Gasteiger partial charge is 0.272 e. The molecule has 2 aromatic rings. The standard InChI is InChI=1S/C17H19N3O2S/c1-17(2,3)12-8-6-11(7-9-12)14(21)19-20-15(22)13-5-4-10-18-16(13)23/h4-10H,1-3H3,(H,18,23)(H,19,21)(H,20,22). The van der Waals surface area contributed by atoms with Gasteiger partial charge in [-0.1, -0.05) is 45.1 Å². The number of benzene rings is 1. The van der Waals surface area contributed by atoms with Gasteiger partial charge in [0.05, 0.1) is 5.56 Å². The Balaban J connectivity index is 2.01. The van der Waals surface area contributed by atoms with Gasteiger partial charge in [-0.25, -0.2) is 0 Å². The molecule has 0 atom stereocenters. The van der Waals surface area contributed by atoms with Crippen molar-refractivity contribution in [3.63, 3.8) is 0 Å². The van der Waals surface area contributed by atoms with Crippen LogP contribution in [0.2, 0.25) is 0 Å². The number of hydrazine groups is 1. The van der Waals surface area contributed by atoms with Crippen LogP contribution in [0, 0.1) is 4.64 Å². The van der Waals surface area contributed by atoms with Crippen LogP contribution in [0.4, 0.5) is 0 Å². The number of carbonyl (C=O) groups is 2. The summed E-state index contributed by atoms with van der Waals surface area (Å²) < 4.78 is 0.314. The Morgan fingerprint density at radius 3 is 2.17 bits per heavy atom. The van der Waals surface area contributed by atoms with Crippen LogP contribution in [0.3, 0.4) is 0 Å². The zero-order valence-electron chi connectivity index (χ0n) is 13.3. The second-order valence-electron chi connectivity index (χ2n) is 6.15. The molecule has 23 heavy (non-hydrogen) atoms. The average Bonchev–Trinajstić information content (AvgIpc) is 2.52. The molecule has 1 aromatic carbocycles. The number of H-pyrrole nitrogens is 1. The molecule has 0 aliphatic heterocycles. The summed E-state index contributed by atoms with van der Waals surface area (Å²) in [4.78, 5) is 26.8. The van der Waals surface area contributed by atoms with E-state index in [2.05, 4.69) is 36.6 Å². The van der Waals surface area contributed by atoms with E-state index in [1.54, 1.807) is 30.5 Å². The van der Waals surface area contributed by atoms with Crippen molar-refractivity contribution >= 4 is 24.0 Å². The fourth-order valence-corrected chi connectivity index (χ4v) is 2.20. The van der Waals surface area contributed by atoms with Gasteiger partial charge in [-0.15, -0.1) is 0 Å². The van der Waals surface area contributed by atoms with Crippen LogP contribution in [0.25, 0.3) is 0 Å². The van der Waals surface area contributed by atoms with Gasteiger partial charge in [0, 0.05) is 11.8 Å². The van der Waals surface area contributed by atoms with E-state index in [-0.39, 0.29) is 11.3 Å². The maximum Gasteiger partial charge on any atom is 0.272 e. The summed E-state index contributed by atoms with van der Waals surface area (Å²) in [6.07, 6.45) is 1.63. The molecule has 0 radical (unpaired) electrons. The van der Waals surface area contributed by atoms with Gasteiger partial charge in [0.25, 0.3) is 11.8 Å². The molecule has 5 nitrogen and oxygen atoms in total. The van der Waals surface area contributed by atoms with Gasteiger partial charge in [0.2, 0.25) is 0 Å². The molecule has 2 rings (SSSR count). The molecule has 0 aliphatic rings. The van der Waals surface area contributed by atoms with Gasteiger partial charge >= 0.3 is 0 Å². The highest BCUT2D eigenvalue weighted by atomic mass is 32.1. The van der Waals surface area contributed by atoms with Gasteiger partial charge in [0.1, 0.15) is 4.64 Å². The fourth-order valence-electron chi connectivity index (χ4n) is 1.98. The molecule has 0 spiro atoms. The monoisotopic (exact) mass is 329 g/mol. The van der Waals surface area contributed by atoms with Gasteiger partial charge in [-0.05, 0) is 35.2 Å². The molecule has 3 N–H and O–H groups in total. The van der Waals surface area contributed by atoms with Crippen molar-refractivity contribution in [3.05, 3.63) is 63.9 Å². The molecule has 120 valence electrons. The van der Waals surface area contributed by atoms with E-state index in [0.29, 0.717) is 15.8 Å². The molecule has 0 aliphatic carbocycles. The van der Waals surface area contributed by atoms with E-state index < -0.39 is 5.91 Å². The molecule has 1 aromatic heterocycles. The maximum absolute atomic E-state index is 12.1. The summed E-state index contributed by atoms with van der Waals surface area (Å²) in [5, 5.41) is 0. The molecule has 6 heteroatoms. The van der Waals surface area contributed by atoms with Crippen LogP contribution >= 0.6 is 12.2 Å². The minimum absolute atomic E-state index is 0.0207. The first-order valence-corrected chi connectivity index (χ1v) is 7.59. The van der Waals surface area contributed by atoms with E-state index in [0.717, 1.165) is 5.56 Å². The Labute approximate surface area is 140 Å². The Morgan fingerprint density at radius 1 is 1.00 bits per heavy atom. The highest BCUT2D eigenvalue weighted by molar-refractivity contribution is 7.71. The first kappa shape index (κ1) is 16.9. The second-order valence-corrected chi connectivity index (χ2v) is 6.56. The van der Waals surface area contributed by atoms with Crippen molar-refractivity contribution in [3.8, 4) is 0 Å². The summed E-state index contributed by atoms with van der Waals surface area (Å²) in [6, 6.07) is 10.5. The number of hydrogen-bond acceptors (Lipinski definition) is 3. The number of pyridine rings is 1. The van der Waals surface area contributed by atoms with Crippen molar-refractivity contribution in [2.24, 2.45) is 0 Å². The normalized spacial score (nSPS) is 10.9. The van der Waals surface area contributed by atoms with Crippen LogP contribution in [0.15, 0.2) is 42.6 Å². The molecular formula is C17H19N3O2S. The van der Waals surface area contributed by atoms with Crippen molar-refractivity contribution in [2.75, 3.05) is 0 Å². The van der Waals surface area contributed by atoms with Crippen molar-refractivity contribution in [1.82, 2.24) is 15.8 Å². The number of nitrogens with one attached hydrogen (secondary N) is 3. The quantitative estimate of drug-likeness (QED) is 0.585. The molecule has 0 saturated carbocycles. The van der Waals surface area contributed by atoms with E-state index in [4.69, 9.17) is 12.2 Å². The van der Waals surface area contributed by atoms with Gasteiger partial charge < -0.3 is 4.98 Å². The van der Waals surface area contributed by atoms with Gasteiger partial charge in [-0.2, -0.15) is 0 Å². The number of aromatic nitrogens is 1. The van der Waals surface area contributed by atoms with Crippen LogP contribution in [-0.4, -0.2) is 16.8 Å². The zero-order valence-corrected chi connectivity index (χ0v) is 14.1. The van der Waals surface area contributed by atoms with Crippen LogP contribution < -0.4 is 10.9 Å². The molecule has 2 amide bonds. The summed E-state index contributed by atoms with van der Waals surface area (Å²) >= 11 is 5.02. The summed E-state index contributed by atoms with van der Waals surface area (Å²) in [5.74, 6) is -0.851. The molecule has 0 unspecified atom stereocenters. The van der Waals surface area contributed by atoms with E-state index in [1.165, 1.54) is 0 Å². The lowest BCUT2D eigenvalue weighted by molar-refractivity contribution is 0.0846. The van der Waals surface area contributed by atoms with Crippen molar-refractivity contribution in [1.29, 1.82) is 0 Å². The first-order valence-electron chi connectivity index (χ1n) is 7.18. The molecule has 0 fully saturated rings. The van der Waals surface area contributed by atoms with Crippen molar-refractivity contribution < 1.29 is 9.59 Å². The molecule has 1 heterocycles. The lowest BCUT2D eigenvalue weighted by atomic mass is 9.87. The second kappa shape index (κ2) is 6.75. The zero-order chi connectivity index (χ0) is 17.0. The predicted molar refractivity (Wildman–Crippen MR) is 91.7 cm³/mol. The van der Waals surface area contributed by atoms with Gasteiger partial charge in [-0.3, -0.25) is 20.4 Å². The van der Waals surface area contributed by atoms with E-state index >= 15 is 0 Å². The Hall–Kier alpha value is -2.47. The number of amides is 2.